The van der Waals surface area contributed by atoms with Crippen LogP contribution in [0.25, 0.3) is 0 Å². The summed E-state index contributed by atoms with van der Waals surface area (Å²) in [7, 11) is 1.68. The van der Waals surface area contributed by atoms with E-state index in [2.05, 4.69) is 15.9 Å². The molecule has 0 aromatic heterocycles. The summed E-state index contributed by atoms with van der Waals surface area (Å²) in [5, 5.41) is 10.5. The molecule has 1 aromatic carbocycles. The Labute approximate surface area is 106 Å². The fraction of sp³-hybridized carbons (Fsp3) is 0.538. The first-order chi connectivity index (χ1) is 7.48. The van der Waals surface area contributed by atoms with Crippen LogP contribution in [-0.2, 0) is 10.3 Å². The van der Waals surface area contributed by atoms with Gasteiger partial charge in [0.1, 0.15) is 0 Å². The molecule has 1 aromatic rings. The number of benzene rings is 1. The van der Waals surface area contributed by atoms with Gasteiger partial charge in [0.05, 0.1) is 5.60 Å². The van der Waals surface area contributed by atoms with Gasteiger partial charge in [-0.3, -0.25) is 0 Å². The van der Waals surface area contributed by atoms with Gasteiger partial charge in [-0.05, 0) is 37.0 Å². The van der Waals surface area contributed by atoms with Crippen molar-refractivity contribution in [1.82, 2.24) is 0 Å². The summed E-state index contributed by atoms with van der Waals surface area (Å²) in [6.07, 6.45) is 0.843. The van der Waals surface area contributed by atoms with Crippen LogP contribution in [0.2, 0.25) is 0 Å². The molecular formula is C13H19BrO2. The van der Waals surface area contributed by atoms with Gasteiger partial charge in [0.2, 0.25) is 0 Å². The molecule has 0 aliphatic rings. The maximum absolute atomic E-state index is 10.5. The molecule has 0 amide bonds. The van der Waals surface area contributed by atoms with E-state index >= 15 is 0 Å². The van der Waals surface area contributed by atoms with E-state index in [4.69, 9.17) is 4.74 Å². The standard InChI is InChI=1S/C13H19BrO2/c1-10(7-8-16-3)13(2,15)11-5-4-6-12(14)9-11/h4-6,9-10,15H,7-8H2,1-3H3. The van der Waals surface area contributed by atoms with Gasteiger partial charge in [-0.15, -0.1) is 0 Å². The van der Waals surface area contributed by atoms with Crippen LogP contribution in [-0.4, -0.2) is 18.8 Å². The average Bonchev–Trinajstić information content (AvgIpc) is 2.25. The van der Waals surface area contributed by atoms with E-state index in [-0.39, 0.29) is 5.92 Å². The monoisotopic (exact) mass is 286 g/mol. The van der Waals surface area contributed by atoms with Gasteiger partial charge in [-0.2, -0.15) is 0 Å². The van der Waals surface area contributed by atoms with Crippen LogP contribution in [0.3, 0.4) is 0 Å². The minimum Gasteiger partial charge on any atom is -0.385 e. The average molecular weight is 287 g/mol. The van der Waals surface area contributed by atoms with Crippen molar-refractivity contribution in [2.45, 2.75) is 25.9 Å². The second-order valence-corrected chi connectivity index (χ2v) is 5.26. The summed E-state index contributed by atoms with van der Waals surface area (Å²) in [5.41, 5.74) is 0.118. The van der Waals surface area contributed by atoms with E-state index in [1.165, 1.54) is 0 Å². The minimum absolute atomic E-state index is 0.154. The van der Waals surface area contributed by atoms with Crippen molar-refractivity contribution in [2.24, 2.45) is 5.92 Å². The normalized spacial score (nSPS) is 16.8. The molecule has 0 aliphatic heterocycles. The van der Waals surface area contributed by atoms with Crippen molar-refractivity contribution in [3.8, 4) is 0 Å². The highest BCUT2D eigenvalue weighted by molar-refractivity contribution is 9.10. The smallest absolute Gasteiger partial charge is 0.0895 e. The Bertz CT molecular complexity index is 336. The molecule has 2 unspecified atom stereocenters. The fourth-order valence-corrected chi connectivity index (χ4v) is 2.06. The van der Waals surface area contributed by atoms with Crippen molar-refractivity contribution in [2.75, 3.05) is 13.7 Å². The molecule has 2 atom stereocenters. The Hall–Kier alpha value is -0.380. The van der Waals surface area contributed by atoms with E-state index in [1.807, 2.05) is 38.1 Å². The highest BCUT2D eigenvalue weighted by atomic mass is 79.9. The molecule has 0 heterocycles. The molecule has 0 aliphatic carbocycles. The van der Waals surface area contributed by atoms with Gasteiger partial charge in [-0.25, -0.2) is 0 Å². The second kappa shape index (κ2) is 5.80. The second-order valence-electron chi connectivity index (χ2n) is 4.34. The third kappa shape index (κ3) is 3.30. The fourth-order valence-electron chi connectivity index (χ4n) is 1.66. The predicted octanol–water partition coefficient (Wildman–Crippen LogP) is 3.33. The van der Waals surface area contributed by atoms with E-state index < -0.39 is 5.60 Å². The van der Waals surface area contributed by atoms with Crippen molar-refractivity contribution in [3.63, 3.8) is 0 Å². The summed E-state index contributed by atoms with van der Waals surface area (Å²) in [5.74, 6) is 0.154. The van der Waals surface area contributed by atoms with E-state index in [0.29, 0.717) is 6.61 Å². The van der Waals surface area contributed by atoms with Gasteiger partial charge in [0, 0.05) is 18.2 Å². The Morgan fingerprint density at radius 3 is 2.75 bits per heavy atom. The van der Waals surface area contributed by atoms with Gasteiger partial charge in [-0.1, -0.05) is 35.0 Å². The quantitative estimate of drug-likeness (QED) is 0.900. The molecule has 0 saturated carbocycles. The first kappa shape index (κ1) is 13.7. The van der Waals surface area contributed by atoms with Crippen LogP contribution < -0.4 is 0 Å². The first-order valence-corrected chi connectivity index (χ1v) is 6.25. The zero-order valence-electron chi connectivity index (χ0n) is 10.0. The topological polar surface area (TPSA) is 29.5 Å². The number of rotatable bonds is 5. The highest BCUT2D eigenvalue weighted by Gasteiger charge is 2.30. The highest BCUT2D eigenvalue weighted by Crippen LogP contribution is 2.32. The number of methoxy groups -OCH3 is 1. The SMILES string of the molecule is COCCC(C)C(C)(O)c1cccc(Br)c1. The van der Waals surface area contributed by atoms with Gasteiger partial charge in [0.25, 0.3) is 0 Å². The molecule has 0 bridgehead atoms. The zero-order chi connectivity index (χ0) is 12.2. The maximum atomic E-state index is 10.5. The number of halogens is 1. The summed E-state index contributed by atoms with van der Waals surface area (Å²) in [6.45, 7) is 4.57. The van der Waals surface area contributed by atoms with Gasteiger partial charge < -0.3 is 9.84 Å². The summed E-state index contributed by atoms with van der Waals surface area (Å²) in [6, 6.07) is 7.81. The lowest BCUT2D eigenvalue weighted by Gasteiger charge is -2.31. The molecule has 90 valence electrons. The van der Waals surface area contributed by atoms with E-state index in [1.54, 1.807) is 7.11 Å². The Balaban J connectivity index is 2.83. The van der Waals surface area contributed by atoms with E-state index in [0.717, 1.165) is 16.5 Å². The number of aliphatic hydroxyl groups is 1. The summed E-state index contributed by atoms with van der Waals surface area (Å²) < 4.78 is 6.04. The van der Waals surface area contributed by atoms with Crippen molar-refractivity contribution < 1.29 is 9.84 Å². The van der Waals surface area contributed by atoms with Crippen molar-refractivity contribution in [1.29, 1.82) is 0 Å². The molecule has 1 N–H and O–H groups in total. The number of ether oxygens (including phenoxy) is 1. The molecule has 0 radical (unpaired) electrons. The Morgan fingerprint density at radius 2 is 2.19 bits per heavy atom. The lowest BCUT2D eigenvalue weighted by atomic mass is 9.82. The van der Waals surface area contributed by atoms with Gasteiger partial charge in [0.15, 0.2) is 0 Å². The number of hydrogen-bond acceptors (Lipinski definition) is 2. The van der Waals surface area contributed by atoms with Crippen LogP contribution in [0.5, 0.6) is 0 Å². The molecule has 2 nitrogen and oxygen atoms in total. The molecule has 1 rings (SSSR count). The zero-order valence-corrected chi connectivity index (χ0v) is 11.6. The minimum atomic E-state index is -0.817. The van der Waals surface area contributed by atoms with Crippen LogP contribution in [0.4, 0.5) is 0 Å². The van der Waals surface area contributed by atoms with Crippen molar-refractivity contribution in [3.05, 3.63) is 34.3 Å². The third-order valence-corrected chi connectivity index (χ3v) is 3.62. The van der Waals surface area contributed by atoms with Gasteiger partial charge >= 0.3 is 0 Å². The molecular weight excluding hydrogens is 268 g/mol. The van der Waals surface area contributed by atoms with Crippen LogP contribution >= 0.6 is 15.9 Å². The largest absolute Gasteiger partial charge is 0.385 e. The summed E-state index contributed by atoms with van der Waals surface area (Å²) >= 11 is 3.42. The predicted molar refractivity (Wildman–Crippen MR) is 69.4 cm³/mol. The lowest BCUT2D eigenvalue weighted by molar-refractivity contribution is -0.0107. The maximum Gasteiger partial charge on any atom is 0.0895 e. The number of hydrogen-bond donors (Lipinski definition) is 1. The Kier molecular flexibility index (Phi) is 4.96. The Morgan fingerprint density at radius 1 is 1.50 bits per heavy atom. The van der Waals surface area contributed by atoms with Crippen LogP contribution in [0.1, 0.15) is 25.8 Å². The molecule has 0 saturated heterocycles. The third-order valence-electron chi connectivity index (χ3n) is 3.12. The van der Waals surface area contributed by atoms with Crippen LogP contribution in [0.15, 0.2) is 28.7 Å². The molecule has 16 heavy (non-hydrogen) atoms. The molecule has 0 fully saturated rings. The lowest BCUT2D eigenvalue weighted by Crippen LogP contribution is -2.30. The van der Waals surface area contributed by atoms with E-state index in [9.17, 15) is 5.11 Å². The summed E-state index contributed by atoms with van der Waals surface area (Å²) in [4.78, 5) is 0. The van der Waals surface area contributed by atoms with Crippen molar-refractivity contribution >= 4 is 15.9 Å². The first-order valence-electron chi connectivity index (χ1n) is 5.46. The molecule has 3 heteroatoms. The van der Waals surface area contributed by atoms with Crippen LogP contribution in [0, 0.1) is 5.92 Å². The molecule has 0 spiro atoms.